The van der Waals surface area contributed by atoms with Crippen molar-refractivity contribution in [2.75, 3.05) is 0 Å². The van der Waals surface area contributed by atoms with Gasteiger partial charge in [-0.25, -0.2) is 4.79 Å². The predicted molar refractivity (Wildman–Crippen MR) is 102 cm³/mol. The summed E-state index contributed by atoms with van der Waals surface area (Å²) in [7, 11) is 0. The van der Waals surface area contributed by atoms with Crippen LogP contribution in [0.3, 0.4) is 0 Å². The van der Waals surface area contributed by atoms with E-state index in [2.05, 4.69) is 10.6 Å². The number of hydrogen-bond acceptors (Lipinski definition) is 4. The van der Waals surface area contributed by atoms with E-state index in [4.69, 9.17) is 5.26 Å². The predicted octanol–water partition coefficient (Wildman–Crippen LogP) is 1.42. The zero-order valence-corrected chi connectivity index (χ0v) is 15.4. The van der Waals surface area contributed by atoms with Gasteiger partial charge in [0.1, 0.15) is 12.1 Å². The molecule has 2 atom stereocenters. The fourth-order valence-corrected chi connectivity index (χ4v) is 2.73. The van der Waals surface area contributed by atoms with Crippen molar-refractivity contribution >= 4 is 17.8 Å². The second kappa shape index (κ2) is 9.88. The fraction of sp³-hybridized carbons (Fsp3) is 0.238. The van der Waals surface area contributed by atoms with E-state index in [0.717, 1.165) is 5.56 Å². The molecule has 2 aromatic carbocycles. The molecule has 0 unspecified atom stereocenters. The molecule has 0 radical (unpaired) electrons. The molecule has 0 heterocycles. The zero-order chi connectivity index (χ0) is 20.5. The second-order valence-corrected chi connectivity index (χ2v) is 6.36. The topological polar surface area (TPSA) is 119 Å². The number of carbonyl (C=O) groups excluding carboxylic acids is 2. The first-order valence-electron chi connectivity index (χ1n) is 8.72. The Morgan fingerprint density at radius 3 is 2.04 bits per heavy atom. The summed E-state index contributed by atoms with van der Waals surface area (Å²) in [5.74, 6) is -2.13. The molecule has 0 aliphatic rings. The summed E-state index contributed by atoms with van der Waals surface area (Å²) in [6.45, 7) is 1.30. The Bertz CT molecular complexity index is 873. The van der Waals surface area contributed by atoms with E-state index >= 15 is 0 Å². The Morgan fingerprint density at radius 1 is 0.929 bits per heavy atom. The van der Waals surface area contributed by atoms with Gasteiger partial charge in [0.05, 0.1) is 11.6 Å². The number of aliphatic carboxylic acids is 1. The van der Waals surface area contributed by atoms with Gasteiger partial charge >= 0.3 is 5.97 Å². The average Bonchev–Trinajstić information content (AvgIpc) is 2.67. The van der Waals surface area contributed by atoms with Crippen molar-refractivity contribution in [3.05, 3.63) is 71.3 Å². The van der Waals surface area contributed by atoms with Crippen LogP contribution in [-0.2, 0) is 27.2 Å². The number of rotatable bonds is 8. The molecule has 0 aromatic heterocycles. The van der Waals surface area contributed by atoms with Gasteiger partial charge in [0.2, 0.25) is 11.8 Å². The molecule has 3 N–H and O–H groups in total. The molecule has 0 saturated carbocycles. The van der Waals surface area contributed by atoms with E-state index < -0.39 is 24.0 Å². The lowest BCUT2D eigenvalue weighted by Crippen LogP contribution is -2.52. The SMILES string of the molecule is CC(=O)N[C@@H](Cc1ccccc1)C(=O)N[C@@H](Cc1ccc(C#N)cc1)C(=O)O. The summed E-state index contributed by atoms with van der Waals surface area (Å²) < 4.78 is 0. The number of carbonyl (C=O) groups is 3. The maximum atomic E-state index is 12.7. The number of carboxylic acid groups (broad SMARTS) is 1. The lowest BCUT2D eigenvalue weighted by atomic mass is 10.0. The van der Waals surface area contributed by atoms with E-state index in [0.29, 0.717) is 11.1 Å². The summed E-state index contributed by atoms with van der Waals surface area (Å²) >= 11 is 0. The van der Waals surface area contributed by atoms with Crippen LogP contribution >= 0.6 is 0 Å². The standard InChI is InChI=1S/C21H21N3O4/c1-14(25)23-18(11-15-5-3-2-4-6-15)20(26)24-19(21(27)28)12-16-7-9-17(13-22)10-8-16/h2-10,18-19H,11-12H2,1H3,(H,23,25)(H,24,26)(H,27,28)/t18-,19-/m0/s1. The molecule has 7 heteroatoms. The highest BCUT2D eigenvalue weighted by Gasteiger charge is 2.26. The molecule has 0 spiro atoms. The molecule has 0 aliphatic heterocycles. The molecule has 0 fully saturated rings. The molecule has 2 amide bonds. The smallest absolute Gasteiger partial charge is 0.326 e. The fourth-order valence-electron chi connectivity index (χ4n) is 2.73. The molecular weight excluding hydrogens is 358 g/mol. The normalized spacial score (nSPS) is 12.3. The highest BCUT2D eigenvalue weighted by molar-refractivity contribution is 5.90. The maximum absolute atomic E-state index is 12.7. The van der Waals surface area contributed by atoms with Gasteiger partial charge in [0.15, 0.2) is 0 Å². The van der Waals surface area contributed by atoms with Crippen LogP contribution in [0.4, 0.5) is 0 Å². The number of nitrogens with one attached hydrogen (secondary N) is 2. The van der Waals surface area contributed by atoms with Gasteiger partial charge in [-0.2, -0.15) is 5.26 Å². The molecule has 7 nitrogen and oxygen atoms in total. The van der Waals surface area contributed by atoms with Crippen LogP contribution in [0.25, 0.3) is 0 Å². The molecular formula is C21H21N3O4. The Kier molecular flexibility index (Phi) is 7.28. The van der Waals surface area contributed by atoms with Gasteiger partial charge in [-0.05, 0) is 23.3 Å². The van der Waals surface area contributed by atoms with Crippen LogP contribution in [0.15, 0.2) is 54.6 Å². The number of nitrogens with zero attached hydrogens (tertiary/aromatic N) is 1. The Morgan fingerprint density at radius 2 is 1.50 bits per heavy atom. The van der Waals surface area contributed by atoms with Crippen LogP contribution < -0.4 is 10.6 Å². The number of carboxylic acids is 1. The van der Waals surface area contributed by atoms with Crippen molar-refractivity contribution in [3.63, 3.8) is 0 Å². The highest BCUT2D eigenvalue weighted by atomic mass is 16.4. The van der Waals surface area contributed by atoms with Crippen LogP contribution in [-0.4, -0.2) is 35.0 Å². The van der Waals surface area contributed by atoms with Crippen LogP contribution in [0, 0.1) is 11.3 Å². The van der Waals surface area contributed by atoms with Gasteiger partial charge in [-0.3, -0.25) is 9.59 Å². The Balaban J connectivity index is 2.11. The first kappa shape index (κ1) is 20.6. The molecule has 2 aromatic rings. The Hall–Kier alpha value is -3.66. The second-order valence-electron chi connectivity index (χ2n) is 6.36. The molecule has 0 bridgehead atoms. The Labute approximate surface area is 163 Å². The first-order valence-corrected chi connectivity index (χ1v) is 8.72. The monoisotopic (exact) mass is 379 g/mol. The minimum absolute atomic E-state index is 0.0604. The van der Waals surface area contributed by atoms with Gasteiger partial charge in [0.25, 0.3) is 0 Å². The maximum Gasteiger partial charge on any atom is 0.326 e. The van der Waals surface area contributed by atoms with Crippen LogP contribution in [0.5, 0.6) is 0 Å². The van der Waals surface area contributed by atoms with Crippen molar-refractivity contribution in [1.29, 1.82) is 5.26 Å². The quantitative estimate of drug-likeness (QED) is 0.641. The van der Waals surface area contributed by atoms with E-state index in [-0.39, 0.29) is 18.7 Å². The number of nitriles is 1. The molecule has 2 rings (SSSR count). The van der Waals surface area contributed by atoms with Crippen molar-refractivity contribution in [3.8, 4) is 6.07 Å². The number of hydrogen-bond donors (Lipinski definition) is 3. The summed E-state index contributed by atoms with van der Waals surface area (Å²) in [4.78, 5) is 35.8. The van der Waals surface area contributed by atoms with E-state index in [1.165, 1.54) is 6.92 Å². The lowest BCUT2D eigenvalue weighted by molar-refractivity contribution is -0.142. The third-order valence-electron chi connectivity index (χ3n) is 4.11. The van der Waals surface area contributed by atoms with Crippen molar-refractivity contribution in [2.45, 2.75) is 31.8 Å². The van der Waals surface area contributed by atoms with Crippen LogP contribution in [0.2, 0.25) is 0 Å². The lowest BCUT2D eigenvalue weighted by Gasteiger charge is -2.21. The number of amides is 2. The number of benzene rings is 2. The van der Waals surface area contributed by atoms with Crippen molar-refractivity contribution in [1.82, 2.24) is 10.6 Å². The van der Waals surface area contributed by atoms with Gasteiger partial charge in [-0.1, -0.05) is 42.5 Å². The van der Waals surface area contributed by atoms with Gasteiger partial charge < -0.3 is 15.7 Å². The largest absolute Gasteiger partial charge is 0.480 e. The summed E-state index contributed by atoms with van der Waals surface area (Å²) in [5, 5.41) is 23.4. The highest BCUT2D eigenvalue weighted by Crippen LogP contribution is 2.08. The van der Waals surface area contributed by atoms with Crippen molar-refractivity contribution in [2.24, 2.45) is 0 Å². The van der Waals surface area contributed by atoms with Crippen LogP contribution in [0.1, 0.15) is 23.6 Å². The zero-order valence-electron chi connectivity index (χ0n) is 15.4. The summed E-state index contributed by atoms with van der Waals surface area (Å²) in [6, 6.07) is 15.6. The minimum Gasteiger partial charge on any atom is -0.480 e. The van der Waals surface area contributed by atoms with Crippen molar-refractivity contribution < 1.29 is 19.5 Å². The summed E-state index contributed by atoms with van der Waals surface area (Å²) in [6.07, 6.45) is 0.306. The van der Waals surface area contributed by atoms with Gasteiger partial charge in [0, 0.05) is 19.8 Å². The first-order chi connectivity index (χ1) is 13.4. The molecule has 28 heavy (non-hydrogen) atoms. The van der Waals surface area contributed by atoms with E-state index in [1.54, 1.807) is 24.3 Å². The van der Waals surface area contributed by atoms with Gasteiger partial charge in [-0.15, -0.1) is 0 Å². The third kappa shape index (κ3) is 6.25. The van der Waals surface area contributed by atoms with E-state index in [9.17, 15) is 19.5 Å². The molecule has 0 saturated heterocycles. The van der Waals surface area contributed by atoms with E-state index in [1.807, 2.05) is 36.4 Å². The third-order valence-corrected chi connectivity index (χ3v) is 4.11. The summed E-state index contributed by atoms with van der Waals surface area (Å²) in [5.41, 5.74) is 1.98. The molecule has 0 aliphatic carbocycles. The molecule has 144 valence electrons. The minimum atomic E-state index is -1.18. The average molecular weight is 379 g/mol.